The van der Waals surface area contributed by atoms with Gasteiger partial charge in [0.2, 0.25) is 0 Å². The fraction of sp³-hybridized carbons (Fsp3) is 0.833. The quantitative estimate of drug-likeness (QED) is 0.745. The normalized spacial score (nSPS) is 19.3. The smallest absolute Gasteiger partial charge is 0.133 e. The van der Waals surface area contributed by atoms with Crippen LogP contribution < -0.4 is 0 Å². The lowest BCUT2D eigenvalue weighted by Gasteiger charge is -2.31. The molecule has 0 spiro atoms. The fourth-order valence-corrected chi connectivity index (χ4v) is 2.21. The Bertz CT molecular complexity index is 350. The second-order valence-corrected chi connectivity index (χ2v) is 5.88. The Labute approximate surface area is 91.9 Å². The number of nitrogens with zero attached hydrogens (tertiary/aromatic N) is 3. The van der Waals surface area contributed by atoms with Gasteiger partial charge in [0.1, 0.15) is 11.6 Å². The summed E-state index contributed by atoms with van der Waals surface area (Å²) in [4.78, 5) is 0. The van der Waals surface area contributed by atoms with Gasteiger partial charge < -0.3 is 4.57 Å². The number of rotatable bonds is 2. The van der Waals surface area contributed by atoms with E-state index in [1.54, 1.807) is 0 Å². The molecule has 0 amide bonds. The van der Waals surface area contributed by atoms with Gasteiger partial charge in [-0.05, 0) is 17.8 Å². The Kier molecular flexibility index (Phi) is 2.57. The van der Waals surface area contributed by atoms with Gasteiger partial charge in [-0.2, -0.15) is 0 Å². The van der Waals surface area contributed by atoms with Gasteiger partial charge in [0.15, 0.2) is 0 Å². The Morgan fingerprint density at radius 3 is 2.73 bits per heavy atom. The van der Waals surface area contributed by atoms with Crippen molar-refractivity contribution in [3.8, 4) is 0 Å². The number of aryl methyl sites for hydroxylation is 1. The van der Waals surface area contributed by atoms with Crippen molar-refractivity contribution < 1.29 is 0 Å². The maximum atomic E-state index is 4.32. The Hall–Kier alpha value is -0.860. The van der Waals surface area contributed by atoms with Gasteiger partial charge >= 0.3 is 0 Å². The molecule has 2 heterocycles. The summed E-state index contributed by atoms with van der Waals surface area (Å²) < 4.78 is 2.34. The first-order valence-corrected chi connectivity index (χ1v) is 5.89. The zero-order chi connectivity index (χ0) is 11.1. The monoisotopic (exact) mass is 207 g/mol. The van der Waals surface area contributed by atoms with E-state index >= 15 is 0 Å². The summed E-state index contributed by atoms with van der Waals surface area (Å²) in [7, 11) is 0. The Morgan fingerprint density at radius 1 is 1.33 bits per heavy atom. The molecule has 0 fully saturated rings. The van der Waals surface area contributed by atoms with E-state index in [4.69, 9.17) is 0 Å². The lowest BCUT2D eigenvalue weighted by Crippen LogP contribution is -2.28. The molecule has 0 unspecified atom stereocenters. The number of aromatic nitrogens is 3. The second kappa shape index (κ2) is 3.62. The van der Waals surface area contributed by atoms with Gasteiger partial charge in [-0.15, -0.1) is 10.2 Å². The molecule has 0 N–H and O–H groups in total. The van der Waals surface area contributed by atoms with Crippen LogP contribution >= 0.6 is 0 Å². The van der Waals surface area contributed by atoms with E-state index in [-0.39, 0.29) is 0 Å². The maximum absolute atomic E-state index is 4.32. The van der Waals surface area contributed by atoms with E-state index in [1.165, 1.54) is 18.1 Å². The number of fused-ring (bicyclic) bond motifs is 1. The van der Waals surface area contributed by atoms with Crippen LogP contribution in [0.15, 0.2) is 0 Å². The highest BCUT2D eigenvalue weighted by Crippen LogP contribution is 2.30. The van der Waals surface area contributed by atoms with Gasteiger partial charge in [-0.1, -0.05) is 27.7 Å². The van der Waals surface area contributed by atoms with Gasteiger partial charge in [-0.25, -0.2) is 0 Å². The largest absolute Gasteiger partial charge is 0.314 e. The minimum Gasteiger partial charge on any atom is -0.314 e. The standard InChI is InChI=1S/C12H21N3/c1-9(2)7-11-14-13-10-5-6-12(3,4)8-15(10)11/h9H,5-8H2,1-4H3. The molecule has 0 saturated heterocycles. The minimum absolute atomic E-state index is 0.404. The number of hydrogen-bond acceptors (Lipinski definition) is 2. The molecule has 2 rings (SSSR count). The summed E-state index contributed by atoms with van der Waals surface area (Å²) in [6.45, 7) is 10.2. The summed E-state index contributed by atoms with van der Waals surface area (Å²) >= 11 is 0. The van der Waals surface area contributed by atoms with E-state index < -0.39 is 0 Å². The SMILES string of the molecule is CC(C)Cc1nnc2n1CC(C)(C)CC2. The minimum atomic E-state index is 0.404. The Morgan fingerprint density at radius 2 is 2.07 bits per heavy atom. The highest BCUT2D eigenvalue weighted by Gasteiger charge is 2.28. The molecule has 1 aliphatic heterocycles. The highest BCUT2D eigenvalue weighted by molar-refractivity contribution is 5.02. The van der Waals surface area contributed by atoms with Crippen molar-refractivity contribution in [1.29, 1.82) is 0 Å². The molecule has 0 bridgehead atoms. The van der Waals surface area contributed by atoms with Gasteiger partial charge in [0.05, 0.1) is 0 Å². The van der Waals surface area contributed by atoms with Crippen LogP contribution in [0, 0.1) is 11.3 Å². The molecule has 1 aliphatic rings. The van der Waals surface area contributed by atoms with Crippen LogP contribution in [-0.4, -0.2) is 14.8 Å². The predicted molar refractivity (Wildman–Crippen MR) is 60.7 cm³/mol. The summed E-state index contributed by atoms with van der Waals surface area (Å²) in [6.07, 6.45) is 3.36. The number of hydrogen-bond donors (Lipinski definition) is 0. The topological polar surface area (TPSA) is 30.7 Å². The first-order chi connectivity index (χ1) is 6.98. The van der Waals surface area contributed by atoms with Crippen molar-refractivity contribution in [2.45, 2.75) is 53.5 Å². The van der Waals surface area contributed by atoms with Crippen molar-refractivity contribution in [2.75, 3.05) is 0 Å². The van der Waals surface area contributed by atoms with E-state index in [1.807, 2.05) is 0 Å². The molecule has 3 heteroatoms. The molecule has 0 atom stereocenters. The third kappa shape index (κ3) is 2.21. The fourth-order valence-electron chi connectivity index (χ4n) is 2.21. The summed E-state index contributed by atoms with van der Waals surface area (Å²) in [6, 6.07) is 0. The van der Waals surface area contributed by atoms with Crippen molar-refractivity contribution in [3.05, 3.63) is 11.6 Å². The predicted octanol–water partition coefficient (Wildman–Crippen LogP) is 2.45. The molecule has 1 aromatic rings. The summed E-state index contributed by atoms with van der Waals surface area (Å²) in [5.41, 5.74) is 0.404. The van der Waals surface area contributed by atoms with Gasteiger partial charge in [0, 0.05) is 19.4 Å². The van der Waals surface area contributed by atoms with Crippen molar-refractivity contribution in [3.63, 3.8) is 0 Å². The first kappa shape index (κ1) is 10.7. The van der Waals surface area contributed by atoms with Crippen molar-refractivity contribution in [1.82, 2.24) is 14.8 Å². The van der Waals surface area contributed by atoms with E-state index in [9.17, 15) is 0 Å². The highest BCUT2D eigenvalue weighted by atomic mass is 15.3. The van der Waals surface area contributed by atoms with Crippen LogP contribution in [0.4, 0.5) is 0 Å². The zero-order valence-corrected chi connectivity index (χ0v) is 10.2. The first-order valence-electron chi connectivity index (χ1n) is 5.89. The van der Waals surface area contributed by atoms with Gasteiger partial charge in [0.25, 0.3) is 0 Å². The molecule has 84 valence electrons. The molecule has 0 aliphatic carbocycles. The molecular weight excluding hydrogens is 186 g/mol. The van der Waals surface area contributed by atoms with Crippen molar-refractivity contribution >= 4 is 0 Å². The summed E-state index contributed by atoms with van der Waals surface area (Å²) in [5, 5.41) is 8.60. The van der Waals surface area contributed by atoms with Crippen LogP contribution in [0.25, 0.3) is 0 Å². The Balaban J connectivity index is 2.25. The molecule has 0 saturated carbocycles. The zero-order valence-electron chi connectivity index (χ0n) is 10.2. The molecule has 15 heavy (non-hydrogen) atoms. The van der Waals surface area contributed by atoms with E-state index in [0.717, 1.165) is 19.4 Å². The lowest BCUT2D eigenvalue weighted by molar-refractivity contribution is 0.242. The summed E-state index contributed by atoms with van der Waals surface area (Å²) in [5.74, 6) is 3.01. The molecule has 0 aromatic carbocycles. The maximum Gasteiger partial charge on any atom is 0.133 e. The average molecular weight is 207 g/mol. The third-order valence-electron chi connectivity index (χ3n) is 3.11. The molecule has 3 nitrogen and oxygen atoms in total. The van der Waals surface area contributed by atoms with E-state index in [2.05, 4.69) is 42.5 Å². The molecular formula is C12H21N3. The third-order valence-corrected chi connectivity index (χ3v) is 3.11. The lowest BCUT2D eigenvalue weighted by atomic mass is 9.85. The van der Waals surface area contributed by atoms with Crippen LogP contribution in [-0.2, 0) is 19.4 Å². The van der Waals surface area contributed by atoms with Crippen LogP contribution in [0.3, 0.4) is 0 Å². The van der Waals surface area contributed by atoms with Crippen molar-refractivity contribution in [2.24, 2.45) is 11.3 Å². The second-order valence-electron chi connectivity index (χ2n) is 5.88. The molecule has 1 aromatic heterocycles. The van der Waals surface area contributed by atoms with Gasteiger partial charge in [-0.3, -0.25) is 0 Å². The van der Waals surface area contributed by atoms with Crippen LogP contribution in [0.2, 0.25) is 0 Å². The van der Waals surface area contributed by atoms with Crippen LogP contribution in [0.5, 0.6) is 0 Å². The van der Waals surface area contributed by atoms with Crippen LogP contribution in [0.1, 0.15) is 45.8 Å². The molecule has 0 radical (unpaired) electrons. The van der Waals surface area contributed by atoms with E-state index in [0.29, 0.717) is 11.3 Å². The average Bonchev–Trinajstić information content (AvgIpc) is 2.46.